The van der Waals surface area contributed by atoms with Crippen LogP contribution in [0.1, 0.15) is 44.6 Å². The zero-order valence-electron chi connectivity index (χ0n) is 18.2. The summed E-state index contributed by atoms with van der Waals surface area (Å²) in [5.41, 5.74) is 7.14. The van der Waals surface area contributed by atoms with Gasteiger partial charge in [-0.15, -0.1) is 0 Å². The molecule has 1 heterocycles. The minimum absolute atomic E-state index is 0.192. The Morgan fingerprint density at radius 1 is 1.16 bits per heavy atom. The Hall–Kier alpha value is -2.81. The third-order valence-corrected chi connectivity index (χ3v) is 6.11. The number of rotatable bonds is 8. The molecule has 1 aromatic rings. The number of hydrogen-bond acceptors (Lipinski definition) is 4. The third-order valence-electron chi connectivity index (χ3n) is 6.11. The van der Waals surface area contributed by atoms with E-state index in [0.29, 0.717) is 23.7 Å². The number of nitrogens with zero attached hydrogens (tertiary/aromatic N) is 2. The first-order chi connectivity index (χ1) is 15.3. The highest BCUT2D eigenvalue weighted by molar-refractivity contribution is 5.99. The molecule has 1 saturated carbocycles. The van der Waals surface area contributed by atoms with E-state index in [1.54, 1.807) is 13.0 Å². The monoisotopic (exact) mass is 449 g/mol. The molecular weight excluding hydrogens is 419 g/mol. The standard InChI is InChI=1S/C23H30F3N5O/c1-16(22(27)30-19-5-3-17(4-6-19)23(24,25)26)21(11-12-28-15-32)29-18-7-9-20(10-8-18)31-13-2-14-31/h3-6,11-12,15,18,20,29H,2,7-10,13-14H2,1H3,(H2,27,30)(H,28,32)/b12-11-,21-16-. The van der Waals surface area contributed by atoms with E-state index < -0.39 is 11.7 Å². The summed E-state index contributed by atoms with van der Waals surface area (Å²) >= 11 is 0. The van der Waals surface area contributed by atoms with E-state index in [0.717, 1.165) is 43.5 Å². The highest BCUT2D eigenvalue weighted by Gasteiger charge is 2.30. The van der Waals surface area contributed by atoms with Crippen molar-refractivity contribution < 1.29 is 18.0 Å². The molecular formula is C23H30F3N5O. The summed E-state index contributed by atoms with van der Waals surface area (Å²) in [5.74, 6) is 0.192. The molecule has 2 fully saturated rings. The molecule has 1 aliphatic heterocycles. The molecule has 0 unspecified atom stereocenters. The summed E-state index contributed by atoms with van der Waals surface area (Å²) in [7, 11) is 0. The Morgan fingerprint density at radius 3 is 2.34 bits per heavy atom. The number of allylic oxidation sites excluding steroid dienone is 1. The Labute approximate surface area is 186 Å². The lowest BCUT2D eigenvalue weighted by molar-refractivity contribution is -0.137. The SMILES string of the molecule is C/C(C(N)=Nc1ccc(C(F)(F)F)cc1)=C(\C=C/NC=O)NC1CCC(N2CCC2)CC1. The van der Waals surface area contributed by atoms with Gasteiger partial charge in [-0.05, 0) is 82.5 Å². The number of nitrogens with two attached hydrogens (primary N) is 1. The fraction of sp³-hybridized carbons (Fsp3) is 0.478. The van der Waals surface area contributed by atoms with Crippen LogP contribution in [-0.4, -0.2) is 42.3 Å². The zero-order valence-corrected chi connectivity index (χ0v) is 18.2. The predicted octanol–water partition coefficient (Wildman–Crippen LogP) is 3.83. The number of carbonyl (C=O) groups excluding carboxylic acids is 1. The second-order valence-corrected chi connectivity index (χ2v) is 8.24. The number of halogens is 3. The molecule has 1 aromatic carbocycles. The molecule has 4 N–H and O–H groups in total. The van der Waals surface area contributed by atoms with Crippen LogP contribution in [0, 0.1) is 0 Å². The number of amidine groups is 1. The van der Waals surface area contributed by atoms with E-state index in [1.165, 1.54) is 37.8 Å². The van der Waals surface area contributed by atoms with Crippen LogP contribution in [0.5, 0.6) is 0 Å². The quantitative estimate of drug-likeness (QED) is 0.244. The molecule has 1 saturated heterocycles. The topological polar surface area (TPSA) is 82.7 Å². The Kier molecular flexibility index (Phi) is 7.95. The number of carbonyl (C=O) groups is 1. The van der Waals surface area contributed by atoms with Crippen molar-refractivity contribution in [2.75, 3.05) is 13.1 Å². The molecule has 6 nitrogen and oxygen atoms in total. The van der Waals surface area contributed by atoms with E-state index in [4.69, 9.17) is 5.73 Å². The van der Waals surface area contributed by atoms with Crippen molar-refractivity contribution in [1.82, 2.24) is 15.5 Å². The van der Waals surface area contributed by atoms with E-state index in [9.17, 15) is 18.0 Å². The number of nitrogens with one attached hydrogen (secondary N) is 2. The highest BCUT2D eigenvalue weighted by atomic mass is 19.4. The van der Waals surface area contributed by atoms with Crippen LogP contribution in [0.15, 0.2) is 52.8 Å². The Bertz CT molecular complexity index is 865. The van der Waals surface area contributed by atoms with Crippen molar-refractivity contribution in [2.24, 2.45) is 10.7 Å². The van der Waals surface area contributed by atoms with E-state index in [-0.39, 0.29) is 11.9 Å². The summed E-state index contributed by atoms with van der Waals surface area (Å²) in [5, 5.41) is 6.00. The maximum atomic E-state index is 12.8. The average Bonchev–Trinajstić information content (AvgIpc) is 2.72. The Balaban J connectivity index is 1.72. The Morgan fingerprint density at radius 2 is 1.81 bits per heavy atom. The smallest absolute Gasteiger partial charge is 0.383 e. The summed E-state index contributed by atoms with van der Waals surface area (Å²) in [6.45, 7) is 4.19. The second-order valence-electron chi connectivity index (χ2n) is 8.24. The van der Waals surface area contributed by atoms with Crippen LogP contribution in [0.4, 0.5) is 18.9 Å². The summed E-state index contributed by atoms with van der Waals surface area (Å²) in [6.07, 6.45) is 5.02. The van der Waals surface area contributed by atoms with Crippen LogP contribution >= 0.6 is 0 Å². The predicted molar refractivity (Wildman–Crippen MR) is 119 cm³/mol. The minimum atomic E-state index is -4.40. The molecule has 0 bridgehead atoms. The van der Waals surface area contributed by atoms with Crippen molar-refractivity contribution in [3.8, 4) is 0 Å². The van der Waals surface area contributed by atoms with Crippen molar-refractivity contribution in [2.45, 2.75) is 57.3 Å². The molecule has 2 aliphatic rings. The van der Waals surface area contributed by atoms with Crippen molar-refractivity contribution in [1.29, 1.82) is 0 Å². The first-order valence-electron chi connectivity index (χ1n) is 10.9. The minimum Gasteiger partial charge on any atom is -0.383 e. The van der Waals surface area contributed by atoms with E-state index in [2.05, 4.69) is 20.5 Å². The molecule has 1 aliphatic carbocycles. The number of amides is 1. The largest absolute Gasteiger partial charge is 0.416 e. The summed E-state index contributed by atoms with van der Waals surface area (Å²) < 4.78 is 38.3. The number of alkyl halides is 3. The van der Waals surface area contributed by atoms with Crippen LogP contribution in [-0.2, 0) is 11.0 Å². The second kappa shape index (κ2) is 10.7. The van der Waals surface area contributed by atoms with Gasteiger partial charge in [-0.1, -0.05) is 0 Å². The molecule has 0 atom stereocenters. The molecule has 3 rings (SSSR count). The molecule has 174 valence electrons. The van der Waals surface area contributed by atoms with Gasteiger partial charge in [0, 0.05) is 29.6 Å². The van der Waals surface area contributed by atoms with Crippen molar-refractivity contribution in [3.05, 3.63) is 53.4 Å². The van der Waals surface area contributed by atoms with Gasteiger partial charge in [0.15, 0.2) is 0 Å². The average molecular weight is 450 g/mol. The van der Waals surface area contributed by atoms with Crippen LogP contribution < -0.4 is 16.4 Å². The van der Waals surface area contributed by atoms with E-state index in [1.807, 2.05) is 0 Å². The van der Waals surface area contributed by atoms with Gasteiger partial charge in [-0.3, -0.25) is 4.79 Å². The van der Waals surface area contributed by atoms with Gasteiger partial charge in [0.05, 0.1) is 11.3 Å². The molecule has 0 aromatic heterocycles. The fourth-order valence-corrected chi connectivity index (χ4v) is 4.05. The van der Waals surface area contributed by atoms with Gasteiger partial charge in [-0.25, -0.2) is 4.99 Å². The van der Waals surface area contributed by atoms with Gasteiger partial charge < -0.3 is 21.3 Å². The number of hydrogen-bond donors (Lipinski definition) is 3. The number of likely N-dealkylation sites (tertiary alicyclic amines) is 1. The van der Waals surface area contributed by atoms with Crippen LogP contribution in [0.2, 0.25) is 0 Å². The number of aliphatic imine (C=N–C) groups is 1. The highest BCUT2D eigenvalue weighted by Crippen LogP contribution is 2.30. The summed E-state index contributed by atoms with van der Waals surface area (Å²) in [4.78, 5) is 17.4. The van der Waals surface area contributed by atoms with Gasteiger partial charge in [0.1, 0.15) is 5.84 Å². The van der Waals surface area contributed by atoms with Crippen molar-refractivity contribution in [3.63, 3.8) is 0 Å². The molecule has 0 radical (unpaired) electrons. The summed E-state index contributed by atoms with van der Waals surface area (Å²) in [6, 6.07) is 5.48. The maximum absolute atomic E-state index is 12.8. The van der Waals surface area contributed by atoms with Crippen LogP contribution in [0.3, 0.4) is 0 Å². The normalized spacial score (nSPS) is 23.4. The van der Waals surface area contributed by atoms with Crippen LogP contribution in [0.25, 0.3) is 0 Å². The van der Waals surface area contributed by atoms with Crippen molar-refractivity contribution >= 4 is 17.9 Å². The lowest BCUT2D eigenvalue weighted by atomic mass is 9.88. The third kappa shape index (κ3) is 6.35. The fourth-order valence-electron chi connectivity index (χ4n) is 4.05. The molecule has 32 heavy (non-hydrogen) atoms. The molecule has 0 spiro atoms. The first kappa shape index (κ1) is 23.8. The lowest BCUT2D eigenvalue weighted by Crippen LogP contribution is -2.48. The molecule has 9 heteroatoms. The van der Waals surface area contributed by atoms with Gasteiger partial charge >= 0.3 is 6.18 Å². The van der Waals surface area contributed by atoms with E-state index >= 15 is 0 Å². The number of benzene rings is 1. The van der Waals surface area contributed by atoms with Gasteiger partial charge in [0.25, 0.3) is 0 Å². The molecule has 1 amide bonds. The van der Waals surface area contributed by atoms with Gasteiger partial charge in [0.2, 0.25) is 6.41 Å². The lowest BCUT2D eigenvalue weighted by Gasteiger charge is -2.42. The zero-order chi connectivity index (χ0) is 23.1. The maximum Gasteiger partial charge on any atom is 0.416 e. The first-order valence-corrected chi connectivity index (χ1v) is 10.9. The van der Waals surface area contributed by atoms with Gasteiger partial charge in [-0.2, -0.15) is 13.2 Å².